The van der Waals surface area contributed by atoms with Gasteiger partial charge < -0.3 is 15.2 Å². The lowest BCUT2D eigenvalue weighted by Crippen LogP contribution is -2.35. The molecule has 28 heavy (non-hydrogen) atoms. The minimum absolute atomic E-state index is 0.228. The molecule has 0 heterocycles. The Labute approximate surface area is 168 Å². The fraction of sp³-hybridized carbons (Fsp3) is 0.417. The first-order valence-electron chi connectivity index (χ1n) is 10.1. The second-order valence-electron chi connectivity index (χ2n) is 7.26. The van der Waals surface area contributed by atoms with Gasteiger partial charge in [-0.2, -0.15) is 0 Å². The second kappa shape index (κ2) is 11.0. The first-order valence-corrected chi connectivity index (χ1v) is 10.1. The molecule has 2 aromatic carbocycles. The van der Waals surface area contributed by atoms with Gasteiger partial charge in [0.2, 0.25) is 0 Å². The van der Waals surface area contributed by atoms with Crippen LogP contribution in [0.1, 0.15) is 49.9 Å². The molecule has 0 aliphatic carbocycles. The Bertz CT molecular complexity index is 761. The Balaban J connectivity index is 2.18. The van der Waals surface area contributed by atoms with Crippen LogP contribution in [-0.4, -0.2) is 30.4 Å². The number of halogens is 1. The lowest BCUT2D eigenvalue weighted by Gasteiger charge is -2.19. The second-order valence-corrected chi connectivity index (χ2v) is 7.26. The van der Waals surface area contributed by atoms with Crippen molar-refractivity contribution in [3.63, 3.8) is 0 Å². The third-order valence-electron chi connectivity index (χ3n) is 4.57. The number of hydrogen-bond donors (Lipinski definition) is 2. The molecule has 0 aliphatic rings. The highest BCUT2D eigenvalue weighted by molar-refractivity contribution is 5.71. The van der Waals surface area contributed by atoms with Gasteiger partial charge in [-0.25, -0.2) is 4.39 Å². The Morgan fingerprint density at radius 2 is 1.71 bits per heavy atom. The molecule has 2 aromatic rings. The summed E-state index contributed by atoms with van der Waals surface area (Å²) >= 11 is 0. The van der Waals surface area contributed by atoms with Crippen LogP contribution in [0.2, 0.25) is 0 Å². The highest BCUT2D eigenvalue weighted by atomic mass is 19.1. The van der Waals surface area contributed by atoms with Crippen molar-refractivity contribution in [1.29, 1.82) is 0 Å². The molecular weight excluding hydrogens is 353 g/mol. The first-order chi connectivity index (χ1) is 13.4. The van der Waals surface area contributed by atoms with Crippen molar-refractivity contribution < 1.29 is 14.2 Å². The normalized spacial score (nSPS) is 12.7. The maximum atomic E-state index is 13.8. The van der Waals surface area contributed by atoms with Crippen LogP contribution in [0.15, 0.2) is 36.4 Å². The Morgan fingerprint density at radius 1 is 1.07 bits per heavy atom. The number of aliphatic hydroxyl groups is 1. The fourth-order valence-electron chi connectivity index (χ4n) is 2.99. The van der Waals surface area contributed by atoms with Crippen LogP contribution in [0, 0.1) is 5.82 Å². The molecule has 1 atom stereocenters. The van der Waals surface area contributed by atoms with E-state index in [2.05, 4.69) is 31.3 Å². The monoisotopic (exact) mass is 385 g/mol. The summed E-state index contributed by atoms with van der Waals surface area (Å²) in [6.07, 6.45) is 4.82. The van der Waals surface area contributed by atoms with Crippen molar-refractivity contribution >= 4 is 12.2 Å². The van der Waals surface area contributed by atoms with E-state index in [0.29, 0.717) is 18.2 Å². The number of benzene rings is 2. The molecule has 2 N–H and O–H groups in total. The van der Waals surface area contributed by atoms with E-state index in [1.165, 1.54) is 6.07 Å². The van der Waals surface area contributed by atoms with E-state index in [9.17, 15) is 9.50 Å². The van der Waals surface area contributed by atoms with Crippen LogP contribution in [0.3, 0.4) is 0 Å². The average Bonchev–Trinajstić information content (AvgIpc) is 2.69. The molecular formula is C24H32FNO2. The van der Waals surface area contributed by atoms with Gasteiger partial charge >= 0.3 is 0 Å². The number of ether oxygens (including phenoxy) is 1. The smallest absolute Gasteiger partial charge is 0.130 e. The number of rotatable bonds is 10. The van der Waals surface area contributed by atoms with Crippen molar-refractivity contribution in [1.82, 2.24) is 5.32 Å². The third kappa shape index (κ3) is 6.47. The van der Waals surface area contributed by atoms with E-state index in [-0.39, 0.29) is 12.4 Å². The lowest BCUT2D eigenvalue weighted by atomic mass is 9.99. The summed E-state index contributed by atoms with van der Waals surface area (Å²) in [5.41, 5.74) is 3.78. The molecule has 0 bridgehead atoms. The molecule has 3 nitrogen and oxygen atoms in total. The molecule has 152 valence electrons. The van der Waals surface area contributed by atoms with Crippen molar-refractivity contribution in [2.24, 2.45) is 0 Å². The van der Waals surface area contributed by atoms with Crippen molar-refractivity contribution in [2.75, 3.05) is 13.2 Å². The highest BCUT2D eigenvalue weighted by Gasteiger charge is 2.13. The quantitative estimate of drug-likeness (QED) is 0.574. The largest absolute Gasteiger partial charge is 0.490 e. The van der Waals surface area contributed by atoms with Gasteiger partial charge in [0.15, 0.2) is 0 Å². The molecule has 4 heteroatoms. The van der Waals surface area contributed by atoms with Gasteiger partial charge in [-0.05, 0) is 47.7 Å². The predicted octanol–water partition coefficient (Wildman–Crippen LogP) is 4.86. The van der Waals surface area contributed by atoms with Crippen molar-refractivity contribution in [3.8, 4) is 5.75 Å². The molecule has 1 unspecified atom stereocenters. The number of hydrogen-bond acceptors (Lipinski definition) is 3. The van der Waals surface area contributed by atoms with Crippen LogP contribution in [0.4, 0.5) is 4.39 Å². The Morgan fingerprint density at radius 3 is 2.29 bits per heavy atom. The molecule has 0 aliphatic heterocycles. The zero-order chi connectivity index (χ0) is 20.5. The maximum absolute atomic E-state index is 13.8. The average molecular weight is 386 g/mol. The Kier molecular flexibility index (Phi) is 8.68. The van der Waals surface area contributed by atoms with E-state index in [0.717, 1.165) is 35.3 Å². The maximum Gasteiger partial charge on any atom is 0.130 e. The standard InChI is InChI=1S/C24H32FNO2/c1-5-19-13-18(11-12-21-9-7-8-10-23(21)25)14-20(6-2)24(19)28-16-22(27)15-26-17(3)4/h7-14,17,22,26-27H,5-6,15-16H2,1-4H3/b12-11+. The predicted molar refractivity (Wildman–Crippen MR) is 115 cm³/mol. The van der Waals surface area contributed by atoms with E-state index in [1.54, 1.807) is 18.2 Å². The minimum atomic E-state index is -0.558. The molecule has 0 saturated carbocycles. The highest BCUT2D eigenvalue weighted by Crippen LogP contribution is 2.28. The van der Waals surface area contributed by atoms with Crippen LogP contribution in [0.25, 0.3) is 12.2 Å². The fourth-order valence-corrected chi connectivity index (χ4v) is 2.99. The molecule has 0 spiro atoms. The number of nitrogens with one attached hydrogen (secondary N) is 1. The van der Waals surface area contributed by atoms with Crippen LogP contribution in [-0.2, 0) is 12.8 Å². The number of aliphatic hydroxyl groups excluding tert-OH is 1. The van der Waals surface area contributed by atoms with Gasteiger partial charge in [-0.3, -0.25) is 0 Å². The lowest BCUT2D eigenvalue weighted by molar-refractivity contribution is 0.103. The summed E-state index contributed by atoms with van der Waals surface area (Å²) in [4.78, 5) is 0. The van der Waals surface area contributed by atoms with Crippen LogP contribution >= 0.6 is 0 Å². The zero-order valence-electron chi connectivity index (χ0n) is 17.3. The first kappa shape index (κ1) is 22.1. The summed E-state index contributed by atoms with van der Waals surface area (Å²) in [6, 6.07) is 11.2. The van der Waals surface area contributed by atoms with E-state index >= 15 is 0 Å². The van der Waals surface area contributed by atoms with Gasteiger partial charge in [0.05, 0.1) is 0 Å². The van der Waals surface area contributed by atoms with Crippen molar-refractivity contribution in [2.45, 2.75) is 52.7 Å². The van der Waals surface area contributed by atoms with Gasteiger partial charge in [-0.1, -0.05) is 58.0 Å². The minimum Gasteiger partial charge on any atom is -0.490 e. The molecule has 0 amide bonds. The Hall–Kier alpha value is -2.17. The van der Waals surface area contributed by atoms with E-state index < -0.39 is 6.10 Å². The van der Waals surface area contributed by atoms with Crippen molar-refractivity contribution in [3.05, 3.63) is 64.5 Å². The third-order valence-corrected chi connectivity index (χ3v) is 4.57. The molecule has 2 rings (SSSR count). The molecule has 0 saturated heterocycles. The van der Waals surface area contributed by atoms with Gasteiger partial charge in [0.25, 0.3) is 0 Å². The summed E-state index contributed by atoms with van der Waals surface area (Å²) in [5.74, 6) is 0.630. The van der Waals surface area contributed by atoms with Gasteiger partial charge in [0, 0.05) is 18.2 Å². The van der Waals surface area contributed by atoms with Crippen LogP contribution < -0.4 is 10.1 Å². The summed E-state index contributed by atoms with van der Waals surface area (Å²) in [7, 11) is 0. The zero-order valence-corrected chi connectivity index (χ0v) is 17.3. The summed E-state index contributed by atoms with van der Waals surface area (Å²) < 4.78 is 19.8. The van der Waals surface area contributed by atoms with E-state index in [4.69, 9.17) is 4.74 Å². The summed E-state index contributed by atoms with van der Waals surface area (Å²) in [5, 5.41) is 13.4. The molecule has 0 radical (unpaired) electrons. The molecule has 0 fully saturated rings. The summed E-state index contributed by atoms with van der Waals surface area (Å²) in [6.45, 7) is 9.02. The van der Waals surface area contributed by atoms with E-state index in [1.807, 2.05) is 26.0 Å². The topological polar surface area (TPSA) is 41.5 Å². The van der Waals surface area contributed by atoms with Gasteiger partial charge in [0.1, 0.15) is 24.3 Å². The number of aryl methyl sites for hydroxylation is 2. The van der Waals surface area contributed by atoms with Gasteiger partial charge in [-0.15, -0.1) is 0 Å². The SMILES string of the molecule is CCc1cc(/C=C/c2ccccc2F)cc(CC)c1OCC(O)CNC(C)C. The molecule has 0 aromatic heterocycles. The van der Waals surface area contributed by atoms with Crippen LogP contribution in [0.5, 0.6) is 5.75 Å².